The van der Waals surface area contributed by atoms with E-state index in [9.17, 15) is 5.11 Å². The summed E-state index contributed by atoms with van der Waals surface area (Å²) in [7, 11) is 0. The van der Waals surface area contributed by atoms with Gasteiger partial charge in [0.05, 0.1) is 6.10 Å². The fourth-order valence-electron chi connectivity index (χ4n) is 1.08. The number of allylic oxidation sites excluding steroid dienone is 5. The van der Waals surface area contributed by atoms with Gasteiger partial charge in [-0.25, -0.2) is 0 Å². The van der Waals surface area contributed by atoms with Crippen LogP contribution in [-0.4, -0.2) is 11.2 Å². The van der Waals surface area contributed by atoms with Crippen molar-refractivity contribution in [1.82, 2.24) is 0 Å². The molecule has 13 heavy (non-hydrogen) atoms. The Bertz CT molecular complexity index is 168. The van der Waals surface area contributed by atoms with Crippen molar-refractivity contribution in [2.24, 2.45) is 0 Å². The van der Waals surface area contributed by atoms with Crippen LogP contribution in [0.15, 0.2) is 37.0 Å². The van der Waals surface area contributed by atoms with Crippen molar-refractivity contribution < 1.29 is 5.11 Å². The highest BCUT2D eigenvalue weighted by atomic mass is 16.3. The molecule has 0 heterocycles. The minimum absolute atomic E-state index is 0.127. The van der Waals surface area contributed by atoms with Crippen LogP contribution in [0.3, 0.4) is 0 Å². The first-order valence-corrected chi connectivity index (χ1v) is 4.93. The zero-order valence-electron chi connectivity index (χ0n) is 8.45. The molecule has 0 saturated heterocycles. The first kappa shape index (κ1) is 12.2. The Labute approximate surface area is 81.5 Å². The molecule has 0 saturated carbocycles. The summed E-state index contributed by atoms with van der Waals surface area (Å²) < 4.78 is 0. The molecule has 0 amide bonds. The lowest BCUT2D eigenvalue weighted by Crippen LogP contribution is -2.04. The van der Waals surface area contributed by atoms with Crippen LogP contribution in [0.25, 0.3) is 0 Å². The quantitative estimate of drug-likeness (QED) is 0.596. The van der Waals surface area contributed by atoms with E-state index in [4.69, 9.17) is 0 Å². The average Bonchev–Trinajstić information content (AvgIpc) is 2.11. The van der Waals surface area contributed by atoms with Gasteiger partial charge in [0.15, 0.2) is 0 Å². The summed E-state index contributed by atoms with van der Waals surface area (Å²) in [5.74, 6) is 0. The molecule has 1 unspecified atom stereocenters. The number of hydrogen-bond donors (Lipinski definition) is 1. The van der Waals surface area contributed by atoms with Crippen molar-refractivity contribution >= 4 is 0 Å². The van der Waals surface area contributed by atoms with E-state index in [0.29, 0.717) is 0 Å². The second-order valence-corrected chi connectivity index (χ2v) is 3.07. The van der Waals surface area contributed by atoms with Gasteiger partial charge in [-0.2, -0.15) is 0 Å². The van der Waals surface area contributed by atoms with E-state index in [1.807, 2.05) is 18.2 Å². The van der Waals surface area contributed by atoms with E-state index in [2.05, 4.69) is 19.6 Å². The number of aliphatic hydroxyl groups is 1. The van der Waals surface area contributed by atoms with Crippen molar-refractivity contribution in [3.8, 4) is 0 Å². The standard InChI is InChI=1S/C12H20O/c1-3-5-6-7-8-9-11-12(13)10-4-2/h3,5-8,12-13H,1,4,9-11H2,2H3/b6-5+,8-7+. The molecule has 0 rings (SSSR count). The maximum absolute atomic E-state index is 9.38. The Morgan fingerprint density at radius 1 is 1.23 bits per heavy atom. The van der Waals surface area contributed by atoms with Crippen LogP contribution in [-0.2, 0) is 0 Å². The third-order valence-electron chi connectivity index (χ3n) is 1.78. The molecule has 1 N–H and O–H groups in total. The summed E-state index contributed by atoms with van der Waals surface area (Å²) in [4.78, 5) is 0. The topological polar surface area (TPSA) is 20.2 Å². The summed E-state index contributed by atoms with van der Waals surface area (Å²) in [5.41, 5.74) is 0. The predicted molar refractivity (Wildman–Crippen MR) is 58.6 cm³/mol. The van der Waals surface area contributed by atoms with E-state index in [1.165, 1.54) is 0 Å². The Hall–Kier alpha value is -0.820. The van der Waals surface area contributed by atoms with Gasteiger partial charge in [-0.1, -0.05) is 50.3 Å². The molecule has 0 aliphatic rings. The number of rotatable bonds is 7. The molecule has 0 aliphatic carbocycles. The van der Waals surface area contributed by atoms with Crippen LogP contribution in [0.4, 0.5) is 0 Å². The smallest absolute Gasteiger partial charge is 0.0543 e. The second-order valence-electron chi connectivity index (χ2n) is 3.07. The third-order valence-corrected chi connectivity index (χ3v) is 1.78. The maximum Gasteiger partial charge on any atom is 0.0543 e. The highest BCUT2D eigenvalue weighted by Gasteiger charge is 1.98. The van der Waals surface area contributed by atoms with Gasteiger partial charge in [0, 0.05) is 0 Å². The molecule has 0 bridgehead atoms. The molecule has 74 valence electrons. The van der Waals surface area contributed by atoms with E-state index in [-0.39, 0.29) is 6.10 Å². The Morgan fingerprint density at radius 2 is 2.00 bits per heavy atom. The summed E-state index contributed by atoms with van der Waals surface area (Å²) in [6, 6.07) is 0. The molecule has 0 aliphatic heterocycles. The van der Waals surface area contributed by atoms with Crippen molar-refractivity contribution in [1.29, 1.82) is 0 Å². The monoisotopic (exact) mass is 180 g/mol. The molecule has 1 atom stereocenters. The van der Waals surface area contributed by atoms with E-state index in [1.54, 1.807) is 6.08 Å². The zero-order chi connectivity index (χ0) is 9.94. The van der Waals surface area contributed by atoms with Gasteiger partial charge in [-0.15, -0.1) is 0 Å². The first-order chi connectivity index (χ1) is 6.31. The lowest BCUT2D eigenvalue weighted by molar-refractivity contribution is 0.155. The van der Waals surface area contributed by atoms with Gasteiger partial charge in [0.2, 0.25) is 0 Å². The van der Waals surface area contributed by atoms with Crippen molar-refractivity contribution in [3.05, 3.63) is 37.0 Å². The van der Waals surface area contributed by atoms with Gasteiger partial charge in [-0.3, -0.25) is 0 Å². The van der Waals surface area contributed by atoms with Crippen LogP contribution in [0, 0.1) is 0 Å². The van der Waals surface area contributed by atoms with Crippen LogP contribution < -0.4 is 0 Å². The maximum atomic E-state index is 9.38. The molecule has 0 aromatic rings. The zero-order valence-corrected chi connectivity index (χ0v) is 8.45. The van der Waals surface area contributed by atoms with Crippen LogP contribution >= 0.6 is 0 Å². The average molecular weight is 180 g/mol. The molecule has 1 heteroatoms. The number of aliphatic hydroxyl groups excluding tert-OH is 1. The largest absolute Gasteiger partial charge is 0.393 e. The number of hydrogen-bond acceptors (Lipinski definition) is 1. The van der Waals surface area contributed by atoms with Gasteiger partial charge in [-0.05, 0) is 19.3 Å². The summed E-state index contributed by atoms with van der Waals surface area (Å²) in [5, 5.41) is 9.38. The summed E-state index contributed by atoms with van der Waals surface area (Å²) in [6.07, 6.45) is 13.3. The normalized spacial score (nSPS) is 14.0. The molecular weight excluding hydrogens is 160 g/mol. The van der Waals surface area contributed by atoms with Crippen molar-refractivity contribution in [2.45, 2.75) is 38.7 Å². The van der Waals surface area contributed by atoms with Gasteiger partial charge >= 0.3 is 0 Å². The van der Waals surface area contributed by atoms with Crippen molar-refractivity contribution in [2.75, 3.05) is 0 Å². The van der Waals surface area contributed by atoms with Gasteiger partial charge in [0.1, 0.15) is 0 Å². The van der Waals surface area contributed by atoms with Gasteiger partial charge in [0.25, 0.3) is 0 Å². The van der Waals surface area contributed by atoms with Crippen LogP contribution in [0.1, 0.15) is 32.6 Å². The lowest BCUT2D eigenvalue weighted by atomic mass is 10.1. The highest BCUT2D eigenvalue weighted by molar-refractivity contribution is 5.08. The van der Waals surface area contributed by atoms with E-state index >= 15 is 0 Å². The summed E-state index contributed by atoms with van der Waals surface area (Å²) in [6.45, 7) is 5.66. The lowest BCUT2D eigenvalue weighted by Gasteiger charge is -2.05. The molecule has 0 aromatic carbocycles. The van der Waals surface area contributed by atoms with Gasteiger partial charge < -0.3 is 5.11 Å². The van der Waals surface area contributed by atoms with Crippen LogP contribution in [0.5, 0.6) is 0 Å². The Kier molecular flexibility index (Phi) is 8.68. The molecule has 0 radical (unpaired) electrons. The van der Waals surface area contributed by atoms with Crippen LogP contribution in [0.2, 0.25) is 0 Å². The second kappa shape index (κ2) is 9.27. The van der Waals surface area contributed by atoms with E-state index < -0.39 is 0 Å². The molecule has 1 nitrogen and oxygen atoms in total. The third kappa shape index (κ3) is 9.09. The first-order valence-electron chi connectivity index (χ1n) is 4.93. The molecular formula is C12H20O. The Balaban J connectivity index is 3.37. The molecule has 0 fully saturated rings. The molecule has 0 spiro atoms. The fraction of sp³-hybridized carbons (Fsp3) is 0.500. The van der Waals surface area contributed by atoms with Crippen molar-refractivity contribution in [3.63, 3.8) is 0 Å². The SMILES string of the molecule is C=C/C=C/C=C/CCC(O)CCC. The Morgan fingerprint density at radius 3 is 2.62 bits per heavy atom. The fourth-order valence-corrected chi connectivity index (χ4v) is 1.08. The predicted octanol–water partition coefficient (Wildman–Crippen LogP) is 3.23. The minimum atomic E-state index is -0.127. The van der Waals surface area contributed by atoms with E-state index in [0.717, 1.165) is 25.7 Å². The minimum Gasteiger partial charge on any atom is -0.393 e. The highest BCUT2D eigenvalue weighted by Crippen LogP contribution is 2.04. The summed E-state index contributed by atoms with van der Waals surface area (Å²) >= 11 is 0. The molecule has 0 aromatic heterocycles.